The van der Waals surface area contributed by atoms with Crippen LogP contribution in [0.4, 0.5) is 0 Å². The van der Waals surface area contributed by atoms with E-state index in [1.165, 1.54) is 25.1 Å². The molecule has 0 aromatic carbocycles. The fourth-order valence-electron chi connectivity index (χ4n) is 0. The molecule has 0 bridgehead atoms. The van der Waals surface area contributed by atoms with Gasteiger partial charge in [0.1, 0.15) is 0 Å². The van der Waals surface area contributed by atoms with Crippen molar-refractivity contribution in [1.29, 1.82) is 0 Å². The molecule has 0 aliphatic heterocycles. The molecule has 0 spiro atoms. The van der Waals surface area contributed by atoms with E-state index in [0.717, 1.165) is 3.58 Å². The van der Waals surface area contributed by atoms with Gasteiger partial charge in [0.15, 0.2) is 0 Å². The van der Waals surface area contributed by atoms with E-state index < -0.39 is 0 Å². The first kappa shape index (κ1) is 4.90. The summed E-state index contributed by atoms with van der Waals surface area (Å²) < 4.78 is 0.944. The van der Waals surface area contributed by atoms with Gasteiger partial charge in [-0.05, 0) is 0 Å². The second kappa shape index (κ2) is 2.15. The van der Waals surface area contributed by atoms with Crippen LogP contribution in [0.2, 0.25) is 3.58 Å². The first-order chi connectivity index (χ1) is 1.73. The van der Waals surface area contributed by atoms with Gasteiger partial charge in [-0.1, -0.05) is 0 Å². The zero-order chi connectivity index (χ0) is 3.58. The van der Waals surface area contributed by atoms with E-state index in [9.17, 15) is 0 Å². The van der Waals surface area contributed by atoms with Crippen molar-refractivity contribution in [3.8, 4) is 0 Å². The van der Waals surface area contributed by atoms with Gasteiger partial charge in [0.25, 0.3) is 0 Å². The molecule has 0 unspecified atom stereocenters. The summed E-state index contributed by atoms with van der Waals surface area (Å²) in [5.74, 6) is 0. The summed E-state index contributed by atoms with van der Waals surface area (Å²) in [6.45, 7) is 4.43. The normalized spacial score (nSPS) is 9.00. The van der Waals surface area contributed by atoms with Crippen molar-refractivity contribution in [3.63, 3.8) is 0 Å². The van der Waals surface area contributed by atoms with Gasteiger partial charge in [-0.3, -0.25) is 0 Å². The molecule has 0 saturated carbocycles. The molecule has 0 N–H and O–H groups in total. The maximum atomic E-state index is 2.22. The van der Waals surface area contributed by atoms with Crippen LogP contribution in [-0.2, 0) is 0 Å². The van der Waals surface area contributed by atoms with Crippen LogP contribution in [0.3, 0.4) is 0 Å². The Labute approximate surface area is 42.7 Å². The molecular formula is C3H8Po. The summed E-state index contributed by atoms with van der Waals surface area (Å²) in [5, 5.41) is 0. The number of rotatable bonds is 0. The quantitative estimate of drug-likeness (QED) is 0.596. The molecule has 0 radical (unpaired) electrons. The summed E-state index contributed by atoms with van der Waals surface area (Å²) in [7, 11) is 0. The monoisotopic (exact) mass is 253 g/mol. The van der Waals surface area contributed by atoms with Crippen LogP contribution < -0.4 is 0 Å². The minimum atomic E-state index is 0.944. The molecule has 0 atom stereocenters. The number of hydrogen-bond acceptors (Lipinski definition) is 0. The Morgan fingerprint density at radius 3 is 1.50 bits per heavy atom. The van der Waals surface area contributed by atoms with E-state index in [2.05, 4.69) is 13.8 Å². The van der Waals surface area contributed by atoms with Gasteiger partial charge in [-0.15, -0.1) is 0 Å². The minimum absolute atomic E-state index is 0.944. The van der Waals surface area contributed by atoms with Gasteiger partial charge in [0, 0.05) is 0 Å². The molecule has 1 heteroatoms. The fourth-order valence-corrected chi connectivity index (χ4v) is 0. The predicted molar refractivity (Wildman–Crippen MR) is 22.2 cm³/mol. The van der Waals surface area contributed by atoms with Gasteiger partial charge in [-0.25, -0.2) is 0 Å². The molecule has 0 aromatic heterocycles. The molecule has 0 nitrogen and oxygen atoms in total. The van der Waals surface area contributed by atoms with Crippen LogP contribution in [-0.4, -0.2) is 25.1 Å². The molecule has 0 rings (SSSR count). The van der Waals surface area contributed by atoms with E-state index >= 15 is 0 Å². The van der Waals surface area contributed by atoms with Crippen molar-refractivity contribution in [1.82, 2.24) is 0 Å². The van der Waals surface area contributed by atoms with E-state index in [4.69, 9.17) is 0 Å². The standard InChI is InChI=1S/C3H7.Po.H/c1-3-2;;/h3H,1-2H3;;. The third kappa shape index (κ3) is 13.0. The van der Waals surface area contributed by atoms with E-state index in [-0.39, 0.29) is 0 Å². The molecular weight excluding hydrogens is 245 g/mol. The zero-order valence-electron chi connectivity index (χ0n) is 3.02. The molecule has 0 heterocycles. The first-order valence-corrected chi connectivity index (χ1v) is 3.42. The van der Waals surface area contributed by atoms with Crippen molar-refractivity contribution in [3.05, 3.63) is 0 Å². The second-order valence-corrected chi connectivity index (χ2v) is 5.11. The molecule has 0 aliphatic rings. The van der Waals surface area contributed by atoms with Crippen LogP contribution >= 0.6 is 0 Å². The second-order valence-electron chi connectivity index (χ2n) is 1.09. The summed E-state index contributed by atoms with van der Waals surface area (Å²) >= 11 is 1.51. The van der Waals surface area contributed by atoms with E-state index in [1.807, 2.05) is 0 Å². The zero-order valence-corrected chi connectivity index (χ0v) is 6.50. The first-order valence-electron chi connectivity index (χ1n) is 1.41. The molecule has 0 aromatic rings. The van der Waals surface area contributed by atoms with Crippen molar-refractivity contribution in [2.24, 2.45) is 0 Å². The molecule has 0 amide bonds. The Morgan fingerprint density at radius 2 is 1.50 bits per heavy atom. The summed E-state index contributed by atoms with van der Waals surface area (Å²) in [5.41, 5.74) is 0. The molecule has 4 heavy (non-hydrogen) atoms. The average Bonchev–Trinajstić information content (AvgIpc) is 0.811. The van der Waals surface area contributed by atoms with Crippen LogP contribution in [0.5, 0.6) is 0 Å². The Kier molecular flexibility index (Phi) is 2.64. The van der Waals surface area contributed by atoms with Gasteiger partial charge in [-0.2, -0.15) is 0 Å². The third-order valence-electron chi connectivity index (χ3n) is 0. The molecule has 0 fully saturated rings. The van der Waals surface area contributed by atoms with Crippen LogP contribution in [0.1, 0.15) is 13.8 Å². The fraction of sp³-hybridized carbons (Fsp3) is 1.00. The van der Waals surface area contributed by atoms with Gasteiger partial charge < -0.3 is 0 Å². The Balaban J connectivity index is 2.32. The molecule has 0 aliphatic carbocycles. The Morgan fingerprint density at radius 1 is 1.50 bits per heavy atom. The van der Waals surface area contributed by atoms with Gasteiger partial charge in [0.05, 0.1) is 0 Å². The Hall–Kier alpha value is 0.896. The average molecular weight is 253 g/mol. The Bertz CT molecular complexity index is 8.00. The van der Waals surface area contributed by atoms with Gasteiger partial charge in [0.2, 0.25) is 0 Å². The molecule has 0 saturated heterocycles. The van der Waals surface area contributed by atoms with Crippen LogP contribution in [0.25, 0.3) is 0 Å². The van der Waals surface area contributed by atoms with Gasteiger partial charge >= 0.3 is 42.5 Å². The summed E-state index contributed by atoms with van der Waals surface area (Å²) in [6.07, 6.45) is 0. The van der Waals surface area contributed by atoms with Crippen LogP contribution in [0, 0.1) is 0 Å². The SMILES string of the molecule is C[CH](C)[PoH]. The van der Waals surface area contributed by atoms with Crippen molar-refractivity contribution >= 4 is 25.1 Å². The summed E-state index contributed by atoms with van der Waals surface area (Å²) in [6, 6.07) is 0. The molecule has 26 valence electrons. The maximum absolute atomic E-state index is 2.22. The van der Waals surface area contributed by atoms with Crippen molar-refractivity contribution in [2.75, 3.05) is 0 Å². The van der Waals surface area contributed by atoms with Crippen LogP contribution in [0.15, 0.2) is 0 Å². The van der Waals surface area contributed by atoms with Crippen molar-refractivity contribution < 1.29 is 0 Å². The van der Waals surface area contributed by atoms with E-state index in [0.29, 0.717) is 0 Å². The van der Waals surface area contributed by atoms with E-state index in [1.54, 1.807) is 0 Å². The third-order valence-corrected chi connectivity index (χ3v) is 0. The predicted octanol–water partition coefficient (Wildman–Crippen LogP) is 0.716. The summed E-state index contributed by atoms with van der Waals surface area (Å²) in [4.78, 5) is 0. The topological polar surface area (TPSA) is 0 Å². The number of hydrogen-bond donors (Lipinski definition) is 0. The van der Waals surface area contributed by atoms with Crippen molar-refractivity contribution in [2.45, 2.75) is 17.4 Å².